The Hall–Kier alpha value is -4.31. The number of para-hydroxylation sites is 1. The van der Waals surface area contributed by atoms with Crippen LogP contribution in [0.3, 0.4) is 0 Å². The fraction of sp³-hybridized carbons (Fsp3) is 0.364. The fourth-order valence-corrected chi connectivity index (χ4v) is 6.77. The number of thiazole rings is 1. The molecule has 0 aliphatic carbocycles. The quantitative estimate of drug-likeness (QED) is 0.194. The van der Waals surface area contributed by atoms with Crippen LogP contribution >= 0.6 is 11.3 Å². The van der Waals surface area contributed by atoms with Crippen molar-refractivity contribution in [2.45, 2.75) is 65.8 Å². The molecule has 1 unspecified atom stereocenters. The van der Waals surface area contributed by atoms with Crippen molar-refractivity contribution in [3.05, 3.63) is 90.6 Å². The first-order chi connectivity index (χ1) is 20.8. The summed E-state index contributed by atoms with van der Waals surface area (Å²) in [6.07, 6.45) is 5.34. The number of benzene rings is 2. The molecule has 0 saturated heterocycles. The summed E-state index contributed by atoms with van der Waals surface area (Å²) in [5.41, 5.74) is 2.73. The van der Waals surface area contributed by atoms with Crippen molar-refractivity contribution in [1.29, 1.82) is 0 Å². The predicted molar refractivity (Wildman–Crippen MR) is 165 cm³/mol. The lowest BCUT2D eigenvalue weighted by Crippen LogP contribution is -2.41. The van der Waals surface area contributed by atoms with Gasteiger partial charge in [0.25, 0.3) is 11.5 Å². The van der Waals surface area contributed by atoms with Crippen LogP contribution in [-0.2, 0) is 19.1 Å². The molecule has 0 spiro atoms. The Morgan fingerprint density at radius 2 is 1.70 bits per heavy atom. The van der Waals surface area contributed by atoms with E-state index in [2.05, 4.69) is 11.9 Å². The van der Waals surface area contributed by atoms with E-state index in [9.17, 15) is 19.2 Å². The lowest BCUT2D eigenvalue weighted by atomic mass is 9.96. The number of carbonyl (C=O) groups is 3. The van der Waals surface area contributed by atoms with Crippen molar-refractivity contribution in [3.8, 4) is 5.75 Å². The highest BCUT2D eigenvalue weighted by Crippen LogP contribution is 2.36. The highest BCUT2D eigenvalue weighted by molar-refractivity contribution is 7.07. The number of esters is 2. The van der Waals surface area contributed by atoms with E-state index in [1.165, 1.54) is 11.5 Å². The van der Waals surface area contributed by atoms with Crippen molar-refractivity contribution in [2.75, 3.05) is 18.1 Å². The summed E-state index contributed by atoms with van der Waals surface area (Å²) >= 11 is 1.15. The number of hydrogen-bond donors (Lipinski definition) is 0. The van der Waals surface area contributed by atoms with Crippen LogP contribution in [0.2, 0.25) is 0 Å². The van der Waals surface area contributed by atoms with Crippen molar-refractivity contribution >= 4 is 40.4 Å². The molecule has 0 saturated carbocycles. The largest absolute Gasteiger partial charge is 0.463 e. The average molecular weight is 602 g/mol. The molecule has 2 aromatic carbocycles. The van der Waals surface area contributed by atoms with Crippen LogP contribution in [0, 0.1) is 0 Å². The number of aromatic nitrogens is 1. The molecule has 224 valence electrons. The minimum Gasteiger partial charge on any atom is -0.463 e. The minimum absolute atomic E-state index is 0.155. The first-order valence-electron chi connectivity index (χ1n) is 14.7. The maximum Gasteiger partial charge on any atom is 0.338 e. The number of allylic oxidation sites excluding steroid dienone is 1. The van der Waals surface area contributed by atoms with Gasteiger partial charge in [-0.1, -0.05) is 74.3 Å². The number of amides is 1. The second-order valence-corrected chi connectivity index (χ2v) is 11.5. The summed E-state index contributed by atoms with van der Waals surface area (Å²) < 4.78 is 12.3. The SMILES string of the molecule is CCCCCCCN1C(=O)C(=c2sc3n(c2=O)C(c2ccc(OC(C)=O)cc2)C(C(=O)OCC)=C(C)N=3)c2ccccc21. The third-order valence-electron chi connectivity index (χ3n) is 7.59. The fourth-order valence-electron chi connectivity index (χ4n) is 5.64. The molecule has 3 aromatic rings. The van der Waals surface area contributed by atoms with Crippen molar-refractivity contribution in [3.63, 3.8) is 0 Å². The molecule has 1 atom stereocenters. The van der Waals surface area contributed by atoms with E-state index in [1.807, 2.05) is 24.3 Å². The Morgan fingerprint density at radius 3 is 2.40 bits per heavy atom. The predicted octanol–water partition coefficient (Wildman–Crippen LogP) is 4.41. The smallest absolute Gasteiger partial charge is 0.338 e. The molecule has 2 aliphatic rings. The van der Waals surface area contributed by atoms with Crippen LogP contribution in [0.15, 0.2) is 69.6 Å². The zero-order chi connectivity index (χ0) is 30.7. The van der Waals surface area contributed by atoms with Gasteiger partial charge in [0.15, 0.2) is 4.80 Å². The standard InChI is InChI=1S/C33H35N3O6S/c1-5-7-8-9-12-19-35-25-14-11-10-13-24(25)27(30(35)38)29-31(39)36-28(22-15-17-23(18-16-22)42-21(4)37)26(32(40)41-6-2)20(3)34-33(36)43-29/h10-11,13-18,28H,5-9,12,19H2,1-4H3. The Kier molecular flexibility index (Phi) is 9.05. The maximum atomic E-state index is 14.3. The van der Waals surface area contributed by atoms with E-state index in [4.69, 9.17) is 9.47 Å². The van der Waals surface area contributed by atoms with Gasteiger partial charge in [-0.2, -0.15) is 0 Å². The third-order valence-corrected chi connectivity index (χ3v) is 8.64. The molecule has 0 fully saturated rings. The monoisotopic (exact) mass is 601 g/mol. The molecular weight excluding hydrogens is 566 g/mol. The first kappa shape index (κ1) is 30.2. The zero-order valence-corrected chi connectivity index (χ0v) is 25.7. The first-order valence-corrected chi connectivity index (χ1v) is 15.5. The van der Waals surface area contributed by atoms with Crippen molar-refractivity contribution in [2.24, 2.45) is 4.99 Å². The summed E-state index contributed by atoms with van der Waals surface area (Å²) in [5, 5.41) is 0. The van der Waals surface area contributed by atoms with Gasteiger partial charge in [-0.3, -0.25) is 19.0 Å². The second-order valence-electron chi connectivity index (χ2n) is 10.5. The average Bonchev–Trinajstić information content (AvgIpc) is 3.44. The molecule has 2 aliphatic heterocycles. The summed E-state index contributed by atoms with van der Waals surface area (Å²) in [4.78, 5) is 59.7. The number of anilines is 1. The number of carbonyl (C=O) groups excluding carboxylic acids is 3. The highest BCUT2D eigenvalue weighted by Gasteiger charge is 2.37. The Labute approximate surface area is 253 Å². The summed E-state index contributed by atoms with van der Waals surface area (Å²) in [5.74, 6) is -0.897. The van der Waals surface area contributed by atoms with Crippen LogP contribution in [0.5, 0.6) is 5.75 Å². The second kappa shape index (κ2) is 12.9. The van der Waals surface area contributed by atoms with Crippen LogP contribution in [-0.4, -0.2) is 35.6 Å². The molecule has 0 radical (unpaired) electrons. The van der Waals surface area contributed by atoms with E-state index in [1.54, 1.807) is 43.0 Å². The number of rotatable bonds is 10. The van der Waals surface area contributed by atoms with Crippen LogP contribution < -0.4 is 24.5 Å². The number of ether oxygens (including phenoxy) is 2. The van der Waals surface area contributed by atoms with Gasteiger partial charge in [-0.15, -0.1) is 0 Å². The summed E-state index contributed by atoms with van der Waals surface area (Å²) in [7, 11) is 0. The Balaban J connectivity index is 1.65. The molecule has 1 aromatic heterocycles. The number of nitrogens with zero attached hydrogens (tertiary/aromatic N) is 3. The third kappa shape index (κ3) is 5.84. The van der Waals surface area contributed by atoms with Gasteiger partial charge in [0.05, 0.1) is 35.2 Å². The van der Waals surface area contributed by atoms with Gasteiger partial charge in [-0.25, -0.2) is 9.79 Å². The van der Waals surface area contributed by atoms with E-state index in [-0.39, 0.29) is 22.6 Å². The summed E-state index contributed by atoms with van der Waals surface area (Å²) in [6.45, 7) is 7.64. The number of hydrogen-bond acceptors (Lipinski definition) is 8. The van der Waals surface area contributed by atoms with Gasteiger partial charge >= 0.3 is 11.9 Å². The van der Waals surface area contributed by atoms with E-state index in [0.29, 0.717) is 33.9 Å². The van der Waals surface area contributed by atoms with Gasteiger partial charge < -0.3 is 14.4 Å². The van der Waals surface area contributed by atoms with E-state index in [0.717, 1.165) is 54.7 Å². The van der Waals surface area contributed by atoms with Gasteiger partial charge in [0.2, 0.25) is 0 Å². The molecule has 10 heteroatoms. The highest BCUT2D eigenvalue weighted by atomic mass is 32.1. The van der Waals surface area contributed by atoms with Crippen LogP contribution in [0.25, 0.3) is 5.57 Å². The zero-order valence-electron chi connectivity index (χ0n) is 24.8. The molecule has 0 N–H and O–H groups in total. The lowest BCUT2D eigenvalue weighted by molar-refractivity contribution is -0.139. The van der Waals surface area contributed by atoms with E-state index < -0.39 is 23.5 Å². The summed E-state index contributed by atoms with van der Waals surface area (Å²) in [6, 6.07) is 13.3. The normalized spacial score (nSPS) is 17.0. The molecule has 9 nitrogen and oxygen atoms in total. The van der Waals surface area contributed by atoms with Crippen LogP contribution in [0.4, 0.5) is 5.69 Å². The van der Waals surface area contributed by atoms with Gasteiger partial charge in [0, 0.05) is 19.0 Å². The molecule has 5 rings (SSSR count). The Bertz CT molecular complexity index is 1780. The number of unbranched alkanes of at least 4 members (excludes halogenated alkanes) is 4. The van der Waals surface area contributed by atoms with Crippen LogP contribution in [0.1, 0.15) is 77.0 Å². The molecular formula is C33H35N3O6S. The van der Waals surface area contributed by atoms with Crippen molar-refractivity contribution < 1.29 is 23.9 Å². The Morgan fingerprint density at radius 1 is 0.977 bits per heavy atom. The molecule has 1 amide bonds. The molecule has 0 bridgehead atoms. The molecule has 3 heterocycles. The van der Waals surface area contributed by atoms with Gasteiger partial charge in [-0.05, 0) is 44.0 Å². The topological polar surface area (TPSA) is 107 Å². The maximum absolute atomic E-state index is 14.3. The minimum atomic E-state index is -0.850. The van der Waals surface area contributed by atoms with Crippen molar-refractivity contribution in [1.82, 2.24) is 4.57 Å². The van der Waals surface area contributed by atoms with E-state index >= 15 is 0 Å². The lowest BCUT2D eigenvalue weighted by Gasteiger charge is -2.24. The van der Waals surface area contributed by atoms with Gasteiger partial charge in [0.1, 0.15) is 10.3 Å². The molecule has 43 heavy (non-hydrogen) atoms. The number of fused-ring (bicyclic) bond motifs is 2.